The molecule has 0 aliphatic heterocycles. The Labute approximate surface area is 248 Å². The molecule has 0 fully saturated rings. The second-order valence-corrected chi connectivity index (χ2v) is 12.4. The molecule has 0 unspecified atom stereocenters. The van der Waals surface area contributed by atoms with Gasteiger partial charge in [0.1, 0.15) is 0 Å². The number of halogens is 3. The first-order valence-corrected chi connectivity index (χ1v) is 15.4. The molecule has 0 atom stereocenters. The van der Waals surface area contributed by atoms with Crippen molar-refractivity contribution in [2.24, 2.45) is 0 Å². The first-order valence-electron chi connectivity index (χ1n) is 13.1. The molecule has 0 spiro atoms. The fourth-order valence-electron chi connectivity index (χ4n) is 4.23. The minimum atomic E-state index is -4.72. The summed E-state index contributed by atoms with van der Waals surface area (Å²) in [6, 6.07) is 10.9. The van der Waals surface area contributed by atoms with Crippen molar-refractivity contribution in [3.63, 3.8) is 0 Å². The molecule has 0 N–H and O–H groups in total. The predicted molar refractivity (Wildman–Crippen MR) is 154 cm³/mol. The quantitative estimate of drug-likeness (QED) is 0.210. The molecular formula is C29H35F3N2O6S2. The predicted octanol–water partition coefficient (Wildman–Crippen LogP) is 5.39. The molecule has 0 aliphatic rings. The first-order chi connectivity index (χ1) is 19.9. The van der Waals surface area contributed by atoms with Crippen molar-refractivity contribution in [2.75, 3.05) is 47.6 Å². The summed E-state index contributed by atoms with van der Waals surface area (Å²) >= 11 is 1.48. The van der Waals surface area contributed by atoms with Gasteiger partial charge in [0.2, 0.25) is 15.9 Å². The number of amides is 1. The maximum Gasteiger partial charge on any atom is 0.416 e. The highest BCUT2D eigenvalue weighted by molar-refractivity contribution is 7.89. The number of carbonyl (C=O) groups is 1. The van der Waals surface area contributed by atoms with E-state index in [-0.39, 0.29) is 32.7 Å². The van der Waals surface area contributed by atoms with Crippen LogP contribution in [0.2, 0.25) is 0 Å². The minimum absolute atomic E-state index is 0.111. The number of ether oxygens (including phenoxy) is 3. The van der Waals surface area contributed by atoms with Gasteiger partial charge < -0.3 is 19.1 Å². The number of aryl methyl sites for hydroxylation is 1. The van der Waals surface area contributed by atoms with Crippen LogP contribution < -0.4 is 9.47 Å². The molecule has 1 amide bonds. The van der Waals surface area contributed by atoms with Gasteiger partial charge in [-0.25, -0.2) is 8.42 Å². The van der Waals surface area contributed by atoms with Crippen LogP contribution in [0.1, 0.15) is 28.0 Å². The minimum Gasteiger partial charge on any atom is -0.493 e. The number of sulfonamides is 1. The third kappa shape index (κ3) is 8.69. The summed E-state index contributed by atoms with van der Waals surface area (Å²) in [5.74, 6) is 0.629. The monoisotopic (exact) mass is 628 g/mol. The fraction of sp³-hybridized carbons (Fsp3) is 0.414. The zero-order valence-electron chi connectivity index (χ0n) is 23.9. The van der Waals surface area contributed by atoms with Crippen molar-refractivity contribution >= 4 is 27.3 Å². The smallest absolute Gasteiger partial charge is 0.416 e. The molecule has 0 saturated heterocycles. The van der Waals surface area contributed by atoms with Crippen molar-refractivity contribution in [1.29, 1.82) is 0 Å². The van der Waals surface area contributed by atoms with Gasteiger partial charge in [-0.05, 0) is 72.7 Å². The Hall–Kier alpha value is -3.13. The van der Waals surface area contributed by atoms with Gasteiger partial charge in [0.05, 0.1) is 37.8 Å². The Balaban J connectivity index is 1.90. The lowest BCUT2D eigenvalue weighted by Crippen LogP contribution is -2.44. The fourth-order valence-corrected chi connectivity index (χ4v) is 6.63. The van der Waals surface area contributed by atoms with Crippen LogP contribution in [0, 0.1) is 6.92 Å². The van der Waals surface area contributed by atoms with Crippen LogP contribution in [0.4, 0.5) is 13.2 Å². The molecule has 0 bridgehead atoms. The second-order valence-electron chi connectivity index (χ2n) is 9.49. The van der Waals surface area contributed by atoms with E-state index < -0.39 is 39.1 Å². The molecule has 3 aromatic rings. The molecule has 8 nitrogen and oxygen atoms in total. The summed E-state index contributed by atoms with van der Waals surface area (Å²) in [4.78, 5) is 15.7. The van der Waals surface area contributed by atoms with Gasteiger partial charge in [0.25, 0.3) is 0 Å². The van der Waals surface area contributed by atoms with Gasteiger partial charge in [0.15, 0.2) is 11.5 Å². The summed E-state index contributed by atoms with van der Waals surface area (Å²) in [5, 5.41) is 1.91. The standard InChI is InChI=1S/C29H35F3N2O6S2/c1-21-12-16-41-27(21)19-33(14-11-22-9-10-25(39-3)26(17-22)40-4)28(35)20-34(13-6-15-38-2)42(36,37)24-8-5-7-23(18-24)29(30,31)32/h5,7-10,12,16-18H,6,11,13-15,19-20H2,1-4H3. The van der Waals surface area contributed by atoms with E-state index in [1.165, 1.54) is 32.7 Å². The van der Waals surface area contributed by atoms with E-state index in [9.17, 15) is 26.4 Å². The average molecular weight is 629 g/mol. The number of methoxy groups -OCH3 is 3. The molecule has 0 radical (unpaired) electrons. The molecule has 3 rings (SSSR count). The summed E-state index contributed by atoms with van der Waals surface area (Å²) < 4.78 is 83.8. The highest BCUT2D eigenvalue weighted by Crippen LogP contribution is 2.31. The highest BCUT2D eigenvalue weighted by Gasteiger charge is 2.34. The zero-order valence-corrected chi connectivity index (χ0v) is 25.6. The summed E-state index contributed by atoms with van der Waals surface area (Å²) in [7, 11) is 0.0726. The van der Waals surface area contributed by atoms with E-state index in [1.807, 2.05) is 30.5 Å². The van der Waals surface area contributed by atoms with Crippen LogP contribution in [0.15, 0.2) is 58.8 Å². The van der Waals surface area contributed by atoms with Crippen molar-refractivity contribution in [3.8, 4) is 11.5 Å². The summed E-state index contributed by atoms with van der Waals surface area (Å²) in [5.41, 5.74) is 0.788. The van der Waals surface area contributed by atoms with Crippen molar-refractivity contribution in [2.45, 2.75) is 37.4 Å². The van der Waals surface area contributed by atoms with Gasteiger partial charge in [-0.15, -0.1) is 11.3 Å². The highest BCUT2D eigenvalue weighted by atomic mass is 32.2. The molecule has 230 valence electrons. The Morgan fingerprint density at radius 1 is 0.976 bits per heavy atom. The molecule has 1 aromatic heterocycles. The third-order valence-corrected chi connectivity index (χ3v) is 9.49. The van der Waals surface area contributed by atoms with E-state index >= 15 is 0 Å². The molecule has 0 saturated carbocycles. The van der Waals surface area contributed by atoms with Gasteiger partial charge >= 0.3 is 6.18 Å². The topological polar surface area (TPSA) is 85.4 Å². The summed E-state index contributed by atoms with van der Waals surface area (Å²) in [6.07, 6.45) is -4.03. The van der Waals surface area contributed by atoms with Crippen molar-refractivity contribution < 1.29 is 40.6 Å². The first kappa shape index (κ1) is 33.4. The summed E-state index contributed by atoms with van der Waals surface area (Å²) in [6.45, 7) is 2.00. The van der Waals surface area contributed by atoms with E-state index in [4.69, 9.17) is 14.2 Å². The average Bonchev–Trinajstić information content (AvgIpc) is 3.37. The largest absolute Gasteiger partial charge is 0.493 e. The van der Waals surface area contributed by atoms with E-state index in [0.29, 0.717) is 24.0 Å². The lowest BCUT2D eigenvalue weighted by Gasteiger charge is -2.27. The SMILES string of the molecule is COCCCN(CC(=O)N(CCc1ccc(OC)c(OC)c1)Cc1sccc1C)S(=O)(=O)c1cccc(C(F)(F)F)c1. The van der Waals surface area contributed by atoms with Crippen LogP contribution in [0.3, 0.4) is 0 Å². The Morgan fingerprint density at radius 2 is 1.71 bits per heavy atom. The molecule has 1 heterocycles. The molecular weight excluding hydrogens is 593 g/mol. The Morgan fingerprint density at radius 3 is 2.33 bits per heavy atom. The van der Waals surface area contributed by atoms with Crippen LogP contribution in [-0.4, -0.2) is 71.1 Å². The number of carbonyl (C=O) groups excluding carboxylic acids is 1. The van der Waals surface area contributed by atoms with Crippen LogP contribution in [0.25, 0.3) is 0 Å². The maximum atomic E-state index is 13.7. The van der Waals surface area contributed by atoms with Crippen LogP contribution >= 0.6 is 11.3 Å². The van der Waals surface area contributed by atoms with Crippen LogP contribution in [0.5, 0.6) is 11.5 Å². The molecule has 13 heteroatoms. The van der Waals surface area contributed by atoms with Crippen molar-refractivity contribution in [1.82, 2.24) is 9.21 Å². The van der Waals surface area contributed by atoms with E-state index in [2.05, 4.69) is 0 Å². The van der Waals surface area contributed by atoms with Crippen molar-refractivity contribution in [3.05, 3.63) is 75.5 Å². The number of benzene rings is 2. The zero-order chi connectivity index (χ0) is 30.9. The molecule has 42 heavy (non-hydrogen) atoms. The van der Waals surface area contributed by atoms with Gasteiger partial charge in [-0.3, -0.25) is 4.79 Å². The Bertz CT molecular complexity index is 1440. The lowest BCUT2D eigenvalue weighted by atomic mass is 10.1. The van der Waals surface area contributed by atoms with E-state index in [1.54, 1.807) is 11.0 Å². The van der Waals surface area contributed by atoms with Gasteiger partial charge in [-0.2, -0.15) is 17.5 Å². The maximum absolute atomic E-state index is 13.7. The van der Waals surface area contributed by atoms with Crippen LogP contribution in [-0.2, 0) is 38.7 Å². The molecule has 0 aliphatic carbocycles. The number of thiophene rings is 1. The second kappa shape index (κ2) is 14.9. The Kier molecular flexibility index (Phi) is 11.8. The number of hydrogen-bond donors (Lipinski definition) is 0. The van der Waals surface area contributed by atoms with Gasteiger partial charge in [-0.1, -0.05) is 12.1 Å². The lowest BCUT2D eigenvalue weighted by molar-refractivity contribution is -0.137. The number of alkyl halides is 3. The number of rotatable bonds is 15. The third-order valence-electron chi connectivity index (χ3n) is 6.64. The van der Waals surface area contributed by atoms with E-state index in [0.717, 1.165) is 38.5 Å². The van der Waals surface area contributed by atoms with Gasteiger partial charge in [0, 0.05) is 31.7 Å². The number of nitrogens with zero attached hydrogens (tertiary/aromatic N) is 2. The normalized spacial score (nSPS) is 12.0. The molecule has 2 aromatic carbocycles. The number of hydrogen-bond acceptors (Lipinski definition) is 7.